The van der Waals surface area contributed by atoms with Crippen LogP contribution >= 0.6 is 0 Å². The first-order valence-electron chi connectivity index (χ1n) is 7.37. The van der Waals surface area contributed by atoms with Crippen LogP contribution in [0.1, 0.15) is 55.9 Å². The normalized spacial score (nSPS) is 19.1. The van der Waals surface area contributed by atoms with E-state index in [9.17, 15) is 4.79 Å². The van der Waals surface area contributed by atoms with Crippen LogP contribution in [0.4, 0.5) is 0 Å². The second kappa shape index (κ2) is 4.44. The van der Waals surface area contributed by atoms with Gasteiger partial charge in [0.1, 0.15) is 0 Å². The van der Waals surface area contributed by atoms with Crippen LogP contribution in [0.25, 0.3) is 11.0 Å². The van der Waals surface area contributed by atoms with Crippen molar-refractivity contribution in [1.29, 1.82) is 0 Å². The number of carbonyl (C=O) groups is 1. The molecular weight excluding hydrogens is 248 g/mol. The molecule has 20 heavy (non-hydrogen) atoms. The Kier molecular flexibility index (Phi) is 2.96. The van der Waals surface area contributed by atoms with E-state index in [4.69, 9.17) is 4.98 Å². The smallest absolute Gasteiger partial charge is 0.176 e. The SMILES string of the molecule is CC(=O)c1cc2nc3c(cc2[nH]1)CC(C(C)(C)C)CC3. The zero-order chi connectivity index (χ0) is 14.5. The fourth-order valence-corrected chi connectivity index (χ4v) is 3.14. The Morgan fingerprint density at radius 1 is 1.35 bits per heavy atom. The van der Waals surface area contributed by atoms with Gasteiger partial charge >= 0.3 is 0 Å². The number of ketones is 1. The zero-order valence-electron chi connectivity index (χ0n) is 12.7. The maximum absolute atomic E-state index is 11.5. The second-order valence-electron chi connectivity index (χ2n) is 7.07. The average molecular weight is 270 g/mol. The Labute approximate surface area is 119 Å². The predicted octanol–water partition coefficient (Wildman–Crippen LogP) is 3.92. The number of Topliss-reactive ketones (excluding diaryl/α,β-unsaturated/α-hetero) is 1. The number of H-pyrrole nitrogens is 1. The number of pyridine rings is 1. The van der Waals surface area contributed by atoms with Crippen molar-refractivity contribution in [2.45, 2.75) is 47.0 Å². The molecule has 0 saturated heterocycles. The van der Waals surface area contributed by atoms with Crippen molar-refractivity contribution in [2.75, 3.05) is 0 Å². The lowest BCUT2D eigenvalue weighted by molar-refractivity contribution is 0.101. The Morgan fingerprint density at radius 2 is 2.10 bits per heavy atom. The van der Waals surface area contributed by atoms with Crippen LogP contribution in [-0.4, -0.2) is 15.8 Å². The largest absolute Gasteiger partial charge is 0.351 e. The summed E-state index contributed by atoms with van der Waals surface area (Å²) >= 11 is 0. The van der Waals surface area contributed by atoms with Gasteiger partial charge in [-0.3, -0.25) is 9.78 Å². The summed E-state index contributed by atoms with van der Waals surface area (Å²) in [6, 6.07) is 4.07. The van der Waals surface area contributed by atoms with Gasteiger partial charge in [-0.1, -0.05) is 20.8 Å². The van der Waals surface area contributed by atoms with Crippen molar-refractivity contribution >= 4 is 16.8 Å². The average Bonchev–Trinajstić information content (AvgIpc) is 2.77. The third kappa shape index (κ3) is 2.26. The number of rotatable bonds is 1. The van der Waals surface area contributed by atoms with Crippen molar-refractivity contribution in [3.8, 4) is 0 Å². The minimum Gasteiger partial charge on any atom is -0.351 e. The summed E-state index contributed by atoms with van der Waals surface area (Å²) in [5.74, 6) is 0.769. The van der Waals surface area contributed by atoms with Gasteiger partial charge in [-0.15, -0.1) is 0 Å². The van der Waals surface area contributed by atoms with Crippen molar-refractivity contribution in [2.24, 2.45) is 11.3 Å². The highest BCUT2D eigenvalue weighted by Gasteiger charge is 2.29. The van der Waals surface area contributed by atoms with Gasteiger partial charge < -0.3 is 4.98 Å². The standard InChI is InChI=1S/C17H22N2O/c1-10(20)14-9-16-15(19-14)8-11-7-12(17(2,3)4)5-6-13(11)18-16/h8-9,12,19H,5-7H2,1-4H3. The van der Waals surface area contributed by atoms with E-state index in [-0.39, 0.29) is 5.78 Å². The number of carbonyl (C=O) groups excluding carboxylic acids is 1. The van der Waals surface area contributed by atoms with Gasteiger partial charge in [0, 0.05) is 12.6 Å². The van der Waals surface area contributed by atoms with Crippen molar-refractivity contribution < 1.29 is 4.79 Å². The van der Waals surface area contributed by atoms with Crippen molar-refractivity contribution in [3.63, 3.8) is 0 Å². The first-order valence-corrected chi connectivity index (χ1v) is 7.37. The second-order valence-corrected chi connectivity index (χ2v) is 7.07. The Morgan fingerprint density at radius 3 is 2.75 bits per heavy atom. The first kappa shape index (κ1) is 13.3. The molecule has 0 bridgehead atoms. The molecule has 0 fully saturated rings. The highest BCUT2D eigenvalue weighted by atomic mass is 16.1. The summed E-state index contributed by atoms with van der Waals surface area (Å²) in [5, 5.41) is 0. The molecule has 106 valence electrons. The molecule has 0 aromatic carbocycles. The number of aryl methyl sites for hydroxylation is 1. The fraction of sp³-hybridized carbons (Fsp3) is 0.529. The molecule has 0 saturated carbocycles. The fourth-order valence-electron chi connectivity index (χ4n) is 3.14. The van der Waals surface area contributed by atoms with E-state index < -0.39 is 0 Å². The van der Waals surface area contributed by atoms with Crippen molar-refractivity contribution in [3.05, 3.63) is 29.1 Å². The van der Waals surface area contributed by atoms with Gasteiger partial charge in [-0.05, 0) is 48.3 Å². The van der Waals surface area contributed by atoms with Gasteiger partial charge in [0.2, 0.25) is 0 Å². The monoisotopic (exact) mass is 270 g/mol. The molecular formula is C17H22N2O. The van der Waals surface area contributed by atoms with E-state index in [1.807, 2.05) is 6.07 Å². The molecule has 1 aliphatic rings. The molecule has 3 rings (SSSR count). The maximum atomic E-state index is 11.5. The van der Waals surface area contributed by atoms with Gasteiger partial charge in [0.05, 0.1) is 16.7 Å². The number of hydrogen-bond acceptors (Lipinski definition) is 2. The van der Waals surface area contributed by atoms with E-state index in [1.54, 1.807) is 6.92 Å². The molecule has 3 nitrogen and oxygen atoms in total. The first-order chi connectivity index (χ1) is 9.34. The zero-order valence-corrected chi connectivity index (χ0v) is 12.7. The van der Waals surface area contributed by atoms with E-state index in [1.165, 1.54) is 17.7 Å². The Hall–Kier alpha value is -1.64. The highest BCUT2D eigenvalue weighted by molar-refractivity contribution is 5.97. The minimum absolute atomic E-state index is 0.0635. The topological polar surface area (TPSA) is 45.8 Å². The third-order valence-corrected chi connectivity index (χ3v) is 4.57. The van der Waals surface area contributed by atoms with Crippen LogP contribution in [0.2, 0.25) is 0 Å². The van der Waals surface area contributed by atoms with Gasteiger partial charge in [0.25, 0.3) is 0 Å². The summed E-state index contributed by atoms with van der Waals surface area (Å²) < 4.78 is 0. The molecule has 2 aromatic rings. The molecule has 2 heterocycles. The molecule has 1 N–H and O–H groups in total. The van der Waals surface area contributed by atoms with E-state index in [0.29, 0.717) is 17.0 Å². The quantitative estimate of drug-likeness (QED) is 0.798. The summed E-state index contributed by atoms with van der Waals surface area (Å²) in [7, 11) is 0. The van der Waals surface area contributed by atoms with Gasteiger partial charge in [0.15, 0.2) is 5.78 Å². The Balaban J connectivity index is 2.02. The highest BCUT2D eigenvalue weighted by Crippen LogP contribution is 2.37. The number of nitrogens with one attached hydrogen (secondary N) is 1. The molecule has 0 aliphatic heterocycles. The molecule has 2 aromatic heterocycles. The molecule has 0 radical (unpaired) electrons. The van der Waals surface area contributed by atoms with Crippen LogP contribution in [-0.2, 0) is 12.8 Å². The molecule has 1 atom stereocenters. The van der Waals surface area contributed by atoms with E-state index in [2.05, 4.69) is 31.8 Å². The van der Waals surface area contributed by atoms with Crippen LogP contribution < -0.4 is 0 Å². The van der Waals surface area contributed by atoms with Crippen LogP contribution in [0, 0.1) is 11.3 Å². The van der Waals surface area contributed by atoms with Crippen LogP contribution in [0.5, 0.6) is 0 Å². The lowest BCUT2D eigenvalue weighted by Crippen LogP contribution is -2.27. The molecule has 3 heteroatoms. The number of fused-ring (bicyclic) bond motifs is 2. The van der Waals surface area contributed by atoms with Gasteiger partial charge in [-0.25, -0.2) is 0 Å². The van der Waals surface area contributed by atoms with E-state index in [0.717, 1.165) is 23.9 Å². The number of aromatic nitrogens is 2. The number of hydrogen-bond donors (Lipinski definition) is 1. The Bertz CT molecular complexity index is 676. The molecule has 1 aliphatic carbocycles. The van der Waals surface area contributed by atoms with E-state index >= 15 is 0 Å². The summed E-state index contributed by atoms with van der Waals surface area (Å²) in [6.07, 6.45) is 3.35. The summed E-state index contributed by atoms with van der Waals surface area (Å²) in [4.78, 5) is 19.4. The third-order valence-electron chi connectivity index (χ3n) is 4.57. The molecule has 0 spiro atoms. The lowest BCUT2D eigenvalue weighted by Gasteiger charge is -2.34. The maximum Gasteiger partial charge on any atom is 0.176 e. The lowest BCUT2D eigenvalue weighted by atomic mass is 9.71. The van der Waals surface area contributed by atoms with Crippen LogP contribution in [0.15, 0.2) is 12.1 Å². The summed E-state index contributed by atoms with van der Waals surface area (Å²) in [6.45, 7) is 8.53. The minimum atomic E-state index is 0.0635. The predicted molar refractivity (Wildman–Crippen MR) is 81.1 cm³/mol. The molecule has 0 amide bonds. The van der Waals surface area contributed by atoms with Crippen LogP contribution in [0.3, 0.4) is 0 Å². The molecule has 1 unspecified atom stereocenters. The number of aromatic amines is 1. The number of nitrogens with zero attached hydrogens (tertiary/aromatic N) is 1. The van der Waals surface area contributed by atoms with Gasteiger partial charge in [-0.2, -0.15) is 0 Å². The summed E-state index contributed by atoms with van der Waals surface area (Å²) in [5.41, 5.74) is 5.47. The van der Waals surface area contributed by atoms with Crippen molar-refractivity contribution in [1.82, 2.24) is 9.97 Å².